The molecule has 2 heteroatoms. The molecule has 0 heterocycles. The number of unbranched alkanes of at least 4 members (excludes halogenated alkanes) is 28. The van der Waals surface area contributed by atoms with Gasteiger partial charge in [-0.2, -0.15) is 0 Å². The van der Waals surface area contributed by atoms with Gasteiger partial charge in [-0.15, -0.1) is 0 Å². The van der Waals surface area contributed by atoms with Crippen LogP contribution in [0.2, 0.25) is 0 Å². The van der Waals surface area contributed by atoms with Crippen molar-refractivity contribution < 1.29 is 9.53 Å². The van der Waals surface area contributed by atoms with Crippen LogP contribution in [0.4, 0.5) is 0 Å². The van der Waals surface area contributed by atoms with E-state index in [9.17, 15) is 4.79 Å². The summed E-state index contributed by atoms with van der Waals surface area (Å²) in [5.74, 6) is 0.192. The summed E-state index contributed by atoms with van der Waals surface area (Å²) in [5.41, 5.74) is 0. The molecule has 0 bridgehead atoms. The second-order valence-electron chi connectivity index (χ2n) is 13.7. The van der Waals surface area contributed by atoms with Gasteiger partial charge in [-0.05, 0) is 26.7 Å². The van der Waals surface area contributed by atoms with Gasteiger partial charge < -0.3 is 4.74 Å². The van der Waals surface area contributed by atoms with Gasteiger partial charge in [-0.25, -0.2) is 0 Å². The minimum Gasteiger partial charge on any atom is -0.463 e. The second-order valence-corrected chi connectivity index (χ2v) is 13.7. The Hall–Kier alpha value is -0.530. The Balaban J connectivity index is 3.69. The van der Waals surface area contributed by atoms with Crippen LogP contribution in [0.5, 0.6) is 0 Å². The smallest absolute Gasteiger partial charge is 0.309 e. The van der Waals surface area contributed by atoms with Crippen molar-refractivity contribution in [2.75, 3.05) is 0 Å². The molecule has 0 rings (SSSR count). The fourth-order valence-electron chi connectivity index (χ4n) is 6.23. The molecule has 2 nitrogen and oxygen atoms in total. The lowest BCUT2D eigenvalue weighted by Gasteiger charge is -2.18. The van der Waals surface area contributed by atoms with Gasteiger partial charge in [-0.1, -0.05) is 206 Å². The Labute approximate surface area is 260 Å². The van der Waals surface area contributed by atoms with Crippen molar-refractivity contribution in [3.8, 4) is 0 Å². The lowest BCUT2D eigenvalue weighted by Crippen LogP contribution is -2.21. The predicted octanol–water partition coefficient (Wildman–Crippen LogP) is 14.1. The zero-order chi connectivity index (χ0) is 30.1. The van der Waals surface area contributed by atoms with Crippen molar-refractivity contribution >= 4 is 5.97 Å². The number of esters is 1. The summed E-state index contributed by atoms with van der Waals surface area (Å²) in [5, 5.41) is 0. The van der Waals surface area contributed by atoms with Crippen LogP contribution in [0.1, 0.15) is 233 Å². The zero-order valence-electron chi connectivity index (χ0n) is 29.1. The summed E-state index contributed by atoms with van der Waals surface area (Å²) >= 11 is 0. The van der Waals surface area contributed by atoms with Crippen LogP contribution < -0.4 is 0 Å². The molecule has 0 aromatic carbocycles. The third kappa shape index (κ3) is 32.2. The molecule has 0 saturated carbocycles. The largest absolute Gasteiger partial charge is 0.463 e. The topological polar surface area (TPSA) is 26.3 Å². The highest BCUT2D eigenvalue weighted by Crippen LogP contribution is 2.22. The summed E-state index contributed by atoms with van der Waals surface area (Å²) in [7, 11) is 0. The van der Waals surface area contributed by atoms with E-state index in [0.717, 1.165) is 12.8 Å². The minimum absolute atomic E-state index is 0.00661. The van der Waals surface area contributed by atoms with E-state index in [1.54, 1.807) is 0 Å². The molecule has 0 radical (unpaired) electrons. The predicted molar refractivity (Wildman–Crippen MR) is 184 cm³/mol. The van der Waals surface area contributed by atoms with Gasteiger partial charge in [-0.3, -0.25) is 4.79 Å². The van der Waals surface area contributed by atoms with Gasteiger partial charge in [0.05, 0.1) is 12.0 Å². The van der Waals surface area contributed by atoms with Crippen LogP contribution in [0.15, 0.2) is 0 Å². The Morgan fingerprint density at radius 3 is 0.829 bits per heavy atom. The highest BCUT2D eigenvalue weighted by molar-refractivity contribution is 5.72. The molecule has 246 valence electrons. The van der Waals surface area contributed by atoms with Crippen molar-refractivity contribution in [1.29, 1.82) is 0 Å². The van der Waals surface area contributed by atoms with E-state index >= 15 is 0 Å². The second kappa shape index (κ2) is 34.0. The monoisotopic (exact) mass is 579 g/mol. The van der Waals surface area contributed by atoms with Crippen molar-refractivity contribution in [2.24, 2.45) is 5.92 Å². The van der Waals surface area contributed by atoms with E-state index in [0.29, 0.717) is 0 Å². The third-order valence-electron chi connectivity index (χ3n) is 9.00. The average molecular weight is 579 g/mol. The summed E-state index contributed by atoms with van der Waals surface area (Å²) < 4.78 is 5.62. The molecule has 0 spiro atoms. The molecule has 0 N–H and O–H groups in total. The van der Waals surface area contributed by atoms with E-state index in [1.807, 2.05) is 13.8 Å². The standard InChI is InChI=1S/C39H78O2/c1-5-7-9-11-13-15-17-19-21-22-24-26-28-30-32-34-36-38(39(40)41-37(3)4)35-33-31-29-27-25-23-20-18-16-14-12-10-8-6-2/h37-38H,5-36H2,1-4H3. The van der Waals surface area contributed by atoms with Gasteiger partial charge in [0.1, 0.15) is 0 Å². The lowest BCUT2D eigenvalue weighted by molar-refractivity contribution is -0.153. The highest BCUT2D eigenvalue weighted by atomic mass is 16.5. The number of carbonyl (C=O) groups is 1. The normalized spacial score (nSPS) is 12.3. The van der Waals surface area contributed by atoms with Gasteiger partial charge in [0, 0.05) is 0 Å². The molecule has 0 fully saturated rings. The van der Waals surface area contributed by atoms with E-state index in [4.69, 9.17) is 4.74 Å². The fourth-order valence-corrected chi connectivity index (χ4v) is 6.23. The molecular weight excluding hydrogens is 500 g/mol. The molecule has 0 aliphatic heterocycles. The van der Waals surface area contributed by atoms with Gasteiger partial charge in [0.25, 0.3) is 0 Å². The van der Waals surface area contributed by atoms with Gasteiger partial charge >= 0.3 is 5.97 Å². The summed E-state index contributed by atoms with van der Waals surface area (Å²) in [6, 6.07) is 0. The Kier molecular flexibility index (Phi) is 33.5. The van der Waals surface area contributed by atoms with E-state index in [1.165, 1.54) is 193 Å². The maximum atomic E-state index is 12.7. The number of rotatable bonds is 34. The van der Waals surface area contributed by atoms with E-state index in [2.05, 4.69) is 13.8 Å². The highest BCUT2D eigenvalue weighted by Gasteiger charge is 2.20. The molecule has 1 atom stereocenters. The van der Waals surface area contributed by atoms with Crippen LogP contribution in [0, 0.1) is 5.92 Å². The molecule has 0 aromatic heterocycles. The van der Waals surface area contributed by atoms with Crippen LogP contribution in [0.3, 0.4) is 0 Å². The first-order chi connectivity index (χ1) is 20.1. The minimum atomic E-state index is 0.00661. The summed E-state index contributed by atoms with van der Waals surface area (Å²) in [4.78, 5) is 12.7. The van der Waals surface area contributed by atoms with Crippen LogP contribution in [-0.2, 0) is 9.53 Å². The van der Waals surface area contributed by atoms with Crippen molar-refractivity contribution in [3.05, 3.63) is 0 Å². The van der Waals surface area contributed by atoms with Crippen molar-refractivity contribution in [1.82, 2.24) is 0 Å². The number of hydrogen-bond donors (Lipinski definition) is 0. The molecule has 0 aliphatic carbocycles. The Bertz CT molecular complexity index is 500. The maximum absolute atomic E-state index is 12.7. The molecular formula is C39H78O2. The van der Waals surface area contributed by atoms with Crippen LogP contribution in [0.25, 0.3) is 0 Å². The summed E-state index contributed by atoms with van der Waals surface area (Å²) in [6.07, 6.45) is 43.8. The molecule has 0 saturated heterocycles. The van der Waals surface area contributed by atoms with Crippen LogP contribution >= 0.6 is 0 Å². The van der Waals surface area contributed by atoms with Crippen LogP contribution in [-0.4, -0.2) is 12.1 Å². The van der Waals surface area contributed by atoms with Gasteiger partial charge in [0.15, 0.2) is 0 Å². The quantitative estimate of drug-likeness (QED) is 0.0560. The average Bonchev–Trinajstić information content (AvgIpc) is 2.95. The lowest BCUT2D eigenvalue weighted by atomic mass is 9.94. The SMILES string of the molecule is CCCCCCCCCCCCCCCCCCC(CCCCCCCCCCCCCCCC)C(=O)OC(C)C. The van der Waals surface area contributed by atoms with E-state index in [-0.39, 0.29) is 18.0 Å². The van der Waals surface area contributed by atoms with E-state index < -0.39 is 0 Å². The van der Waals surface area contributed by atoms with Gasteiger partial charge in [0.2, 0.25) is 0 Å². The molecule has 41 heavy (non-hydrogen) atoms. The summed E-state index contributed by atoms with van der Waals surface area (Å²) in [6.45, 7) is 8.55. The number of hydrogen-bond acceptors (Lipinski definition) is 2. The Morgan fingerprint density at radius 2 is 0.610 bits per heavy atom. The first-order valence-corrected chi connectivity index (χ1v) is 19.3. The maximum Gasteiger partial charge on any atom is 0.309 e. The molecule has 0 amide bonds. The third-order valence-corrected chi connectivity index (χ3v) is 9.00. The Morgan fingerprint density at radius 1 is 0.390 bits per heavy atom. The molecule has 1 unspecified atom stereocenters. The number of ether oxygens (including phenoxy) is 1. The molecule has 0 aliphatic rings. The fraction of sp³-hybridized carbons (Fsp3) is 0.974. The molecule has 0 aromatic rings. The number of carbonyl (C=O) groups excluding carboxylic acids is 1. The van der Waals surface area contributed by atoms with Crippen molar-refractivity contribution in [2.45, 2.75) is 239 Å². The van der Waals surface area contributed by atoms with Crippen molar-refractivity contribution in [3.63, 3.8) is 0 Å². The zero-order valence-corrected chi connectivity index (χ0v) is 29.1. The first kappa shape index (κ1) is 40.5. The first-order valence-electron chi connectivity index (χ1n) is 19.3.